The summed E-state index contributed by atoms with van der Waals surface area (Å²) < 4.78 is 48.7. The number of hydrogen-bond donors (Lipinski definition) is 1. The van der Waals surface area contributed by atoms with Crippen LogP contribution in [0.3, 0.4) is 0 Å². The molecule has 0 aliphatic heterocycles. The van der Waals surface area contributed by atoms with Gasteiger partial charge >= 0.3 is 6.61 Å². The summed E-state index contributed by atoms with van der Waals surface area (Å²) in [4.78, 5) is 0. The molecule has 2 rings (SSSR count). The maximum Gasteiger partial charge on any atom is 0.387 e. The van der Waals surface area contributed by atoms with Gasteiger partial charge in [-0.1, -0.05) is 15.9 Å². The predicted octanol–water partition coefficient (Wildman–Crippen LogP) is 4.81. The van der Waals surface area contributed by atoms with Gasteiger partial charge in [0, 0.05) is 22.6 Å². The number of halogens is 4. The van der Waals surface area contributed by atoms with Crippen LogP contribution in [-0.4, -0.2) is 13.7 Å². The molecule has 2 aromatic rings. The van der Waals surface area contributed by atoms with Crippen LogP contribution in [0, 0.1) is 5.82 Å². The maximum absolute atomic E-state index is 13.7. The number of benzene rings is 2. The molecule has 0 aliphatic rings. The first-order valence-corrected chi connectivity index (χ1v) is 7.09. The Kier molecular flexibility index (Phi) is 5.54. The van der Waals surface area contributed by atoms with Crippen LogP contribution in [0.1, 0.15) is 5.56 Å². The molecule has 22 heavy (non-hydrogen) atoms. The molecule has 3 nitrogen and oxygen atoms in total. The number of rotatable bonds is 6. The molecule has 0 unspecified atom stereocenters. The first kappa shape index (κ1) is 16.5. The monoisotopic (exact) mass is 375 g/mol. The second-order valence-corrected chi connectivity index (χ2v) is 5.25. The average molecular weight is 376 g/mol. The summed E-state index contributed by atoms with van der Waals surface area (Å²) in [7, 11) is 1.46. The molecule has 0 spiro atoms. The van der Waals surface area contributed by atoms with Crippen molar-refractivity contribution in [3.63, 3.8) is 0 Å². The summed E-state index contributed by atoms with van der Waals surface area (Å²) in [6, 6.07) is 8.88. The highest BCUT2D eigenvalue weighted by atomic mass is 79.9. The minimum Gasteiger partial charge on any atom is -0.497 e. The number of anilines is 1. The van der Waals surface area contributed by atoms with Gasteiger partial charge in [-0.2, -0.15) is 8.78 Å². The fourth-order valence-electron chi connectivity index (χ4n) is 1.84. The lowest BCUT2D eigenvalue weighted by molar-refractivity contribution is -0.0494. The third-order valence-corrected chi connectivity index (χ3v) is 3.37. The van der Waals surface area contributed by atoms with Gasteiger partial charge in [0.2, 0.25) is 0 Å². The van der Waals surface area contributed by atoms with Crippen molar-refractivity contribution in [3.05, 3.63) is 52.3 Å². The van der Waals surface area contributed by atoms with Crippen molar-refractivity contribution in [2.45, 2.75) is 13.2 Å². The van der Waals surface area contributed by atoms with Crippen LogP contribution in [0.15, 0.2) is 40.9 Å². The molecule has 0 fully saturated rings. The van der Waals surface area contributed by atoms with E-state index in [1.807, 2.05) is 0 Å². The van der Waals surface area contributed by atoms with E-state index < -0.39 is 12.4 Å². The number of ether oxygens (including phenoxy) is 2. The van der Waals surface area contributed by atoms with Crippen molar-refractivity contribution in [2.75, 3.05) is 12.4 Å². The fraction of sp³-hybridized carbons (Fsp3) is 0.200. The third kappa shape index (κ3) is 4.30. The Morgan fingerprint density at radius 1 is 1.18 bits per heavy atom. The molecular weight excluding hydrogens is 363 g/mol. The van der Waals surface area contributed by atoms with E-state index in [2.05, 4.69) is 26.0 Å². The van der Waals surface area contributed by atoms with Gasteiger partial charge in [0.15, 0.2) is 0 Å². The largest absolute Gasteiger partial charge is 0.497 e. The van der Waals surface area contributed by atoms with Gasteiger partial charge in [0.05, 0.1) is 12.8 Å². The Hall–Kier alpha value is -1.89. The topological polar surface area (TPSA) is 30.5 Å². The second kappa shape index (κ2) is 7.40. The van der Waals surface area contributed by atoms with Gasteiger partial charge in [0.1, 0.15) is 17.3 Å². The van der Waals surface area contributed by atoms with Gasteiger partial charge < -0.3 is 14.8 Å². The highest BCUT2D eigenvalue weighted by molar-refractivity contribution is 9.10. The molecule has 0 aromatic heterocycles. The van der Waals surface area contributed by atoms with Crippen molar-refractivity contribution in [3.8, 4) is 11.5 Å². The molecule has 2 aromatic carbocycles. The summed E-state index contributed by atoms with van der Waals surface area (Å²) >= 11 is 3.25. The van der Waals surface area contributed by atoms with Crippen LogP contribution in [0.25, 0.3) is 0 Å². The van der Waals surface area contributed by atoms with Crippen LogP contribution >= 0.6 is 15.9 Å². The SMILES string of the molecule is COc1ccc(OC(F)F)c(NCc2cc(Br)ccc2F)c1. The van der Waals surface area contributed by atoms with Crippen LogP contribution in [0.5, 0.6) is 11.5 Å². The van der Waals surface area contributed by atoms with Gasteiger partial charge in [-0.05, 0) is 30.3 Å². The smallest absolute Gasteiger partial charge is 0.387 e. The normalized spacial score (nSPS) is 10.6. The highest BCUT2D eigenvalue weighted by Gasteiger charge is 2.12. The lowest BCUT2D eigenvalue weighted by atomic mass is 10.2. The number of methoxy groups -OCH3 is 1. The summed E-state index contributed by atoms with van der Waals surface area (Å²) in [6.45, 7) is -2.84. The molecule has 118 valence electrons. The van der Waals surface area contributed by atoms with Gasteiger partial charge in [-0.25, -0.2) is 4.39 Å². The van der Waals surface area contributed by atoms with Gasteiger partial charge in [0.25, 0.3) is 0 Å². The van der Waals surface area contributed by atoms with E-state index in [1.165, 1.54) is 31.4 Å². The van der Waals surface area contributed by atoms with Gasteiger partial charge in [-0.3, -0.25) is 0 Å². The van der Waals surface area contributed by atoms with E-state index in [0.29, 0.717) is 17.0 Å². The van der Waals surface area contributed by atoms with Crippen LogP contribution in [0.2, 0.25) is 0 Å². The minimum atomic E-state index is -2.95. The lowest BCUT2D eigenvalue weighted by Crippen LogP contribution is -2.07. The quantitative estimate of drug-likeness (QED) is 0.785. The Morgan fingerprint density at radius 2 is 1.95 bits per heavy atom. The molecule has 0 saturated heterocycles. The number of alkyl halides is 2. The Labute approximate surface area is 134 Å². The standard InChI is InChI=1S/C15H13BrF3NO2/c1-21-11-3-5-14(22-15(18)19)13(7-11)20-8-9-6-10(16)2-4-12(9)17/h2-7,15,20H,8H2,1H3. The van der Waals surface area contributed by atoms with E-state index >= 15 is 0 Å². The van der Waals surface area contributed by atoms with E-state index in [-0.39, 0.29) is 12.3 Å². The highest BCUT2D eigenvalue weighted by Crippen LogP contribution is 2.31. The summed E-state index contributed by atoms with van der Waals surface area (Å²) in [5.41, 5.74) is 0.680. The zero-order chi connectivity index (χ0) is 16.1. The van der Waals surface area contributed by atoms with Crippen LogP contribution in [0.4, 0.5) is 18.9 Å². The molecule has 1 N–H and O–H groups in total. The first-order valence-electron chi connectivity index (χ1n) is 6.30. The second-order valence-electron chi connectivity index (χ2n) is 4.33. The van der Waals surface area contributed by atoms with Crippen molar-refractivity contribution >= 4 is 21.6 Å². The first-order chi connectivity index (χ1) is 10.5. The zero-order valence-electron chi connectivity index (χ0n) is 11.6. The average Bonchev–Trinajstić information content (AvgIpc) is 2.48. The Balaban J connectivity index is 2.21. The van der Waals surface area contributed by atoms with Crippen molar-refractivity contribution in [2.24, 2.45) is 0 Å². The molecular formula is C15H13BrF3NO2. The van der Waals surface area contributed by atoms with E-state index in [4.69, 9.17) is 4.74 Å². The predicted molar refractivity (Wildman–Crippen MR) is 81.1 cm³/mol. The van der Waals surface area contributed by atoms with E-state index in [1.54, 1.807) is 12.1 Å². The van der Waals surface area contributed by atoms with Crippen LogP contribution < -0.4 is 14.8 Å². The summed E-state index contributed by atoms with van der Waals surface area (Å²) in [5.74, 6) is 0.0416. The van der Waals surface area contributed by atoms with Crippen LogP contribution in [-0.2, 0) is 6.54 Å². The Bertz CT molecular complexity index is 653. The third-order valence-electron chi connectivity index (χ3n) is 2.88. The zero-order valence-corrected chi connectivity index (χ0v) is 13.2. The molecule has 0 amide bonds. The Morgan fingerprint density at radius 3 is 2.64 bits per heavy atom. The van der Waals surface area contributed by atoms with Gasteiger partial charge in [-0.15, -0.1) is 0 Å². The summed E-state index contributed by atoms with van der Waals surface area (Å²) in [5, 5.41) is 2.88. The van der Waals surface area contributed by atoms with Crippen molar-refractivity contribution in [1.29, 1.82) is 0 Å². The lowest BCUT2D eigenvalue weighted by Gasteiger charge is -2.14. The molecule has 0 heterocycles. The number of hydrogen-bond acceptors (Lipinski definition) is 3. The molecule has 0 radical (unpaired) electrons. The van der Waals surface area contributed by atoms with Crippen molar-refractivity contribution < 1.29 is 22.6 Å². The summed E-state index contributed by atoms with van der Waals surface area (Å²) in [6.07, 6.45) is 0. The number of nitrogens with one attached hydrogen (secondary N) is 1. The molecule has 0 aliphatic carbocycles. The fourth-order valence-corrected chi connectivity index (χ4v) is 2.25. The van der Waals surface area contributed by atoms with Crippen molar-refractivity contribution in [1.82, 2.24) is 0 Å². The van der Waals surface area contributed by atoms with E-state index in [9.17, 15) is 13.2 Å². The molecule has 0 bridgehead atoms. The molecule has 7 heteroatoms. The maximum atomic E-state index is 13.7. The van der Waals surface area contributed by atoms with E-state index in [0.717, 1.165) is 4.47 Å². The molecule has 0 saturated carbocycles. The molecule has 0 atom stereocenters. The minimum absolute atomic E-state index is 0.0359.